The number of unbranched alkanes of at least 4 members (excludes halogenated alkanes) is 2. The molecule has 0 aromatic heterocycles. The monoisotopic (exact) mass is 235 g/mol. The quantitative estimate of drug-likeness (QED) is 0.743. The van der Waals surface area contributed by atoms with Crippen molar-refractivity contribution in [3.8, 4) is 0 Å². The van der Waals surface area contributed by atoms with Crippen molar-refractivity contribution in [2.45, 2.75) is 33.1 Å². The van der Waals surface area contributed by atoms with Crippen molar-refractivity contribution < 1.29 is 9.90 Å². The van der Waals surface area contributed by atoms with Gasteiger partial charge < -0.3 is 10.4 Å². The molecule has 0 fully saturated rings. The first kappa shape index (κ1) is 13.7. The zero-order valence-corrected chi connectivity index (χ0v) is 10.6. The van der Waals surface area contributed by atoms with Gasteiger partial charge in [-0.15, -0.1) is 0 Å². The summed E-state index contributed by atoms with van der Waals surface area (Å²) in [6.07, 6.45) is 2.67. The zero-order chi connectivity index (χ0) is 12.7. The number of hydrogen-bond acceptors (Lipinski definition) is 2. The predicted molar refractivity (Wildman–Crippen MR) is 69.2 cm³/mol. The SMILES string of the molecule is Cc1cc(C)cc(C(=O)NCCCCCO)c1. The summed E-state index contributed by atoms with van der Waals surface area (Å²) in [5.74, 6) is -0.0131. The van der Waals surface area contributed by atoms with E-state index in [0.29, 0.717) is 6.54 Å². The lowest BCUT2D eigenvalue weighted by Gasteiger charge is -2.06. The molecule has 0 aliphatic heterocycles. The lowest BCUT2D eigenvalue weighted by Crippen LogP contribution is -2.24. The second-order valence-electron chi connectivity index (χ2n) is 4.42. The fraction of sp³-hybridized carbons (Fsp3) is 0.500. The van der Waals surface area contributed by atoms with E-state index in [2.05, 4.69) is 11.4 Å². The average molecular weight is 235 g/mol. The van der Waals surface area contributed by atoms with Crippen LogP contribution in [0.25, 0.3) is 0 Å². The number of amides is 1. The lowest BCUT2D eigenvalue weighted by molar-refractivity contribution is 0.0952. The number of aliphatic hydroxyl groups excluding tert-OH is 1. The fourth-order valence-corrected chi connectivity index (χ4v) is 1.82. The molecule has 3 heteroatoms. The zero-order valence-electron chi connectivity index (χ0n) is 10.6. The van der Waals surface area contributed by atoms with Crippen LogP contribution in [0.3, 0.4) is 0 Å². The van der Waals surface area contributed by atoms with Gasteiger partial charge in [-0.05, 0) is 45.2 Å². The molecule has 0 saturated heterocycles. The van der Waals surface area contributed by atoms with Crippen LogP contribution in [0.5, 0.6) is 0 Å². The number of benzene rings is 1. The van der Waals surface area contributed by atoms with Gasteiger partial charge in [-0.1, -0.05) is 17.2 Å². The number of rotatable bonds is 6. The highest BCUT2D eigenvalue weighted by Gasteiger charge is 2.05. The van der Waals surface area contributed by atoms with E-state index < -0.39 is 0 Å². The summed E-state index contributed by atoms with van der Waals surface area (Å²) < 4.78 is 0. The highest BCUT2D eigenvalue weighted by molar-refractivity contribution is 5.94. The molecule has 3 nitrogen and oxygen atoms in total. The van der Waals surface area contributed by atoms with Crippen LogP contribution in [0.15, 0.2) is 18.2 Å². The van der Waals surface area contributed by atoms with Crippen LogP contribution < -0.4 is 5.32 Å². The van der Waals surface area contributed by atoms with E-state index >= 15 is 0 Å². The molecule has 0 saturated carbocycles. The first-order chi connectivity index (χ1) is 8.13. The van der Waals surface area contributed by atoms with Crippen molar-refractivity contribution in [3.63, 3.8) is 0 Å². The highest BCUT2D eigenvalue weighted by atomic mass is 16.2. The number of carbonyl (C=O) groups excluding carboxylic acids is 1. The Kier molecular flexibility index (Phi) is 5.70. The van der Waals surface area contributed by atoms with E-state index in [-0.39, 0.29) is 12.5 Å². The second kappa shape index (κ2) is 7.07. The molecule has 1 amide bonds. The van der Waals surface area contributed by atoms with Crippen LogP contribution in [0.1, 0.15) is 40.7 Å². The second-order valence-corrected chi connectivity index (χ2v) is 4.42. The molecular weight excluding hydrogens is 214 g/mol. The lowest BCUT2D eigenvalue weighted by atomic mass is 10.1. The Morgan fingerprint density at radius 3 is 2.35 bits per heavy atom. The molecule has 1 rings (SSSR count). The predicted octanol–water partition coefficient (Wildman–Crippen LogP) is 2.20. The maximum absolute atomic E-state index is 11.8. The Labute approximate surface area is 103 Å². The van der Waals surface area contributed by atoms with Gasteiger partial charge in [0, 0.05) is 18.7 Å². The van der Waals surface area contributed by atoms with E-state index in [9.17, 15) is 4.79 Å². The van der Waals surface area contributed by atoms with E-state index in [1.807, 2.05) is 26.0 Å². The number of carbonyl (C=O) groups is 1. The molecule has 1 aromatic carbocycles. The van der Waals surface area contributed by atoms with Crippen LogP contribution in [-0.4, -0.2) is 24.2 Å². The molecule has 0 radical (unpaired) electrons. The van der Waals surface area contributed by atoms with Gasteiger partial charge in [0.25, 0.3) is 5.91 Å². The van der Waals surface area contributed by atoms with Crippen molar-refractivity contribution in [2.24, 2.45) is 0 Å². The van der Waals surface area contributed by atoms with Gasteiger partial charge in [0.05, 0.1) is 0 Å². The number of hydrogen-bond donors (Lipinski definition) is 2. The van der Waals surface area contributed by atoms with Gasteiger partial charge in [0.2, 0.25) is 0 Å². The molecule has 0 aliphatic rings. The molecule has 2 N–H and O–H groups in total. The van der Waals surface area contributed by atoms with Gasteiger partial charge >= 0.3 is 0 Å². The Hall–Kier alpha value is -1.35. The third kappa shape index (κ3) is 5.00. The molecule has 0 aliphatic carbocycles. The minimum atomic E-state index is -0.0131. The Balaban J connectivity index is 2.41. The van der Waals surface area contributed by atoms with Crippen LogP contribution in [-0.2, 0) is 0 Å². The summed E-state index contributed by atoms with van der Waals surface area (Å²) in [4.78, 5) is 11.8. The molecule has 1 aromatic rings. The maximum Gasteiger partial charge on any atom is 0.251 e. The summed E-state index contributed by atoms with van der Waals surface area (Å²) >= 11 is 0. The maximum atomic E-state index is 11.8. The summed E-state index contributed by atoms with van der Waals surface area (Å²) in [6, 6.07) is 5.85. The number of aryl methyl sites for hydroxylation is 2. The molecule has 0 spiro atoms. The minimum Gasteiger partial charge on any atom is -0.396 e. The van der Waals surface area contributed by atoms with Crippen molar-refractivity contribution in [1.29, 1.82) is 0 Å². The molecule has 0 bridgehead atoms. The normalized spacial score (nSPS) is 10.3. The minimum absolute atomic E-state index is 0.0131. The first-order valence-corrected chi connectivity index (χ1v) is 6.11. The molecule has 0 atom stereocenters. The Morgan fingerprint density at radius 1 is 1.12 bits per heavy atom. The Morgan fingerprint density at radius 2 is 1.76 bits per heavy atom. The number of nitrogens with one attached hydrogen (secondary N) is 1. The summed E-state index contributed by atoms with van der Waals surface area (Å²) in [5.41, 5.74) is 2.94. The fourth-order valence-electron chi connectivity index (χ4n) is 1.82. The van der Waals surface area contributed by atoms with Crippen molar-refractivity contribution in [1.82, 2.24) is 5.32 Å². The molecule has 17 heavy (non-hydrogen) atoms. The largest absolute Gasteiger partial charge is 0.396 e. The van der Waals surface area contributed by atoms with Crippen LogP contribution in [0.4, 0.5) is 0 Å². The number of aliphatic hydroxyl groups is 1. The molecule has 94 valence electrons. The summed E-state index contributed by atoms with van der Waals surface area (Å²) in [5, 5.41) is 11.5. The summed E-state index contributed by atoms with van der Waals surface area (Å²) in [7, 11) is 0. The van der Waals surface area contributed by atoms with E-state index in [1.54, 1.807) is 0 Å². The van der Waals surface area contributed by atoms with Crippen LogP contribution >= 0.6 is 0 Å². The van der Waals surface area contributed by atoms with Gasteiger partial charge in [0.15, 0.2) is 0 Å². The van der Waals surface area contributed by atoms with Crippen molar-refractivity contribution >= 4 is 5.91 Å². The highest BCUT2D eigenvalue weighted by Crippen LogP contribution is 2.08. The summed E-state index contributed by atoms with van der Waals surface area (Å²) in [6.45, 7) is 4.88. The van der Waals surface area contributed by atoms with Crippen LogP contribution in [0, 0.1) is 13.8 Å². The van der Waals surface area contributed by atoms with E-state index in [4.69, 9.17) is 5.11 Å². The standard InChI is InChI=1S/C14H21NO2/c1-11-8-12(2)10-13(9-11)14(17)15-6-4-3-5-7-16/h8-10,16H,3-7H2,1-2H3,(H,15,17). The molecule has 0 unspecified atom stereocenters. The van der Waals surface area contributed by atoms with Gasteiger partial charge in [-0.25, -0.2) is 0 Å². The smallest absolute Gasteiger partial charge is 0.251 e. The van der Waals surface area contributed by atoms with E-state index in [0.717, 1.165) is 36.0 Å². The Bertz CT molecular complexity index is 354. The molecular formula is C14H21NO2. The first-order valence-electron chi connectivity index (χ1n) is 6.11. The van der Waals surface area contributed by atoms with Crippen molar-refractivity contribution in [3.05, 3.63) is 34.9 Å². The van der Waals surface area contributed by atoms with Crippen LogP contribution in [0.2, 0.25) is 0 Å². The third-order valence-electron chi connectivity index (χ3n) is 2.60. The topological polar surface area (TPSA) is 49.3 Å². The van der Waals surface area contributed by atoms with Gasteiger partial charge in [0.1, 0.15) is 0 Å². The average Bonchev–Trinajstić information content (AvgIpc) is 2.27. The van der Waals surface area contributed by atoms with E-state index in [1.165, 1.54) is 0 Å². The van der Waals surface area contributed by atoms with Crippen molar-refractivity contribution in [2.75, 3.05) is 13.2 Å². The van der Waals surface area contributed by atoms with Gasteiger partial charge in [-0.3, -0.25) is 4.79 Å². The van der Waals surface area contributed by atoms with Gasteiger partial charge in [-0.2, -0.15) is 0 Å². The molecule has 0 heterocycles. The third-order valence-corrected chi connectivity index (χ3v) is 2.60.